The van der Waals surface area contributed by atoms with Gasteiger partial charge in [-0.25, -0.2) is 0 Å². The van der Waals surface area contributed by atoms with Crippen LogP contribution in [0.1, 0.15) is 63.4 Å². The van der Waals surface area contributed by atoms with Gasteiger partial charge < -0.3 is 5.32 Å². The largest absolute Gasteiger partial charge is 0.325 e. The van der Waals surface area contributed by atoms with Crippen molar-refractivity contribution in [1.29, 1.82) is 0 Å². The third-order valence-electron chi connectivity index (χ3n) is 4.34. The number of nitrogens with zero attached hydrogens (tertiary/aromatic N) is 1. The van der Waals surface area contributed by atoms with Crippen LogP contribution >= 0.6 is 11.3 Å². The van der Waals surface area contributed by atoms with Crippen molar-refractivity contribution < 1.29 is 4.79 Å². The Kier molecular flexibility index (Phi) is 4.54. The summed E-state index contributed by atoms with van der Waals surface area (Å²) >= 11 is 1.75. The van der Waals surface area contributed by atoms with E-state index in [1.165, 1.54) is 55.2 Å². The first kappa shape index (κ1) is 14.5. The summed E-state index contributed by atoms with van der Waals surface area (Å²) in [7, 11) is 0. The maximum absolute atomic E-state index is 11.5. The van der Waals surface area contributed by atoms with E-state index in [1.54, 1.807) is 18.3 Å². The van der Waals surface area contributed by atoms with E-state index in [0.717, 1.165) is 11.2 Å². The summed E-state index contributed by atoms with van der Waals surface area (Å²) in [5, 5.41) is 5.09. The topological polar surface area (TPSA) is 42.0 Å². The van der Waals surface area contributed by atoms with Crippen LogP contribution in [0.5, 0.6) is 0 Å². The summed E-state index contributed by atoms with van der Waals surface area (Å²) < 4.78 is 1.26. The zero-order valence-corrected chi connectivity index (χ0v) is 13.3. The predicted octanol–water partition coefficient (Wildman–Crippen LogP) is 5.08. The molecule has 2 heterocycles. The number of hydrogen-bond acceptors (Lipinski definition) is 3. The number of anilines is 1. The molecule has 3 nitrogen and oxygen atoms in total. The smallest absolute Gasteiger partial charge is 0.221 e. The Morgan fingerprint density at radius 1 is 1.24 bits per heavy atom. The molecule has 1 amide bonds. The predicted molar refractivity (Wildman–Crippen MR) is 89.0 cm³/mol. The second-order valence-corrected chi connectivity index (χ2v) is 6.86. The molecule has 1 saturated carbocycles. The van der Waals surface area contributed by atoms with Crippen molar-refractivity contribution in [3.8, 4) is 0 Å². The van der Waals surface area contributed by atoms with Crippen molar-refractivity contribution in [2.45, 2.75) is 57.8 Å². The Balaban J connectivity index is 2.03. The minimum absolute atomic E-state index is 0.0141. The summed E-state index contributed by atoms with van der Waals surface area (Å²) in [6, 6.07) is 2.07. The molecule has 1 aliphatic carbocycles. The van der Waals surface area contributed by atoms with Gasteiger partial charge in [-0.1, -0.05) is 32.1 Å². The molecule has 2 aromatic heterocycles. The number of fused-ring (bicyclic) bond motifs is 1. The molecule has 0 saturated heterocycles. The molecule has 2 aromatic rings. The molecular formula is C17H22N2OS. The normalized spacial score (nSPS) is 17.4. The van der Waals surface area contributed by atoms with E-state index >= 15 is 0 Å². The van der Waals surface area contributed by atoms with E-state index in [9.17, 15) is 4.79 Å². The number of thiophene rings is 1. The number of aromatic nitrogens is 1. The van der Waals surface area contributed by atoms with Crippen LogP contribution in [0.3, 0.4) is 0 Å². The first-order valence-electron chi connectivity index (χ1n) is 7.89. The highest BCUT2D eigenvalue weighted by atomic mass is 32.1. The molecule has 0 aromatic carbocycles. The van der Waals surface area contributed by atoms with Crippen LogP contribution in [0.4, 0.5) is 5.69 Å². The van der Waals surface area contributed by atoms with E-state index in [-0.39, 0.29) is 5.91 Å². The van der Waals surface area contributed by atoms with Crippen LogP contribution in [-0.2, 0) is 4.79 Å². The SMILES string of the molecule is CC(=O)Nc1cnc2ccsc2c1C1CCCCCCC1. The van der Waals surface area contributed by atoms with Gasteiger partial charge in [0.15, 0.2) is 0 Å². The molecule has 0 unspecified atom stereocenters. The van der Waals surface area contributed by atoms with Crippen molar-refractivity contribution >= 4 is 33.1 Å². The van der Waals surface area contributed by atoms with E-state index in [4.69, 9.17) is 0 Å². The average molecular weight is 302 g/mol. The number of rotatable bonds is 2. The highest BCUT2D eigenvalue weighted by Gasteiger charge is 2.21. The van der Waals surface area contributed by atoms with Gasteiger partial charge >= 0.3 is 0 Å². The Bertz CT molecular complexity index is 627. The summed E-state index contributed by atoms with van der Waals surface area (Å²) in [6.45, 7) is 1.57. The lowest BCUT2D eigenvalue weighted by Gasteiger charge is -2.23. The fraction of sp³-hybridized carbons (Fsp3) is 0.529. The van der Waals surface area contributed by atoms with Gasteiger partial charge in [-0.15, -0.1) is 11.3 Å². The maximum atomic E-state index is 11.5. The summed E-state index contributed by atoms with van der Waals surface area (Å²) in [5.74, 6) is 0.538. The van der Waals surface area contributed by atoms with E-state index in [0.29, 0.717) is 5.92 Å². The number of carbonyl (C=O) groups is 1. The van der Waals surface area contributed by atoms with Gasteiger partial charge in [-0.05, 0) is 35.8 Å². The van der Waals surface area contributed by atoms with E-state index in [1.807, 2.05) is 6.20 Å². The van der Waals surface area contributed by atoms with Gasteiger partial charge in [0.2, 0.25) is 5.91 Å². The van der Waals surface area contributed by atoms with Crippen molar-refractivity contribution in [3.05, 3.63) is 23.2 Å². The molecule has 4 heteroatoms. The standard InChI is InChI=1S/C17H22N2OS/c1-12(20)19-15-11-18-14-9-10-21-17(14)16(15)13-7-5-3-2-4-6-8-13/h9-11,13H,2-8H2,1H3,(H,19,20). The molecule has 1 aliphatic rings. The van der Waals surface area contributed by atoms with Crippen molar-refractivity contribution in [2.75, 3.05) is 5.32 Å². The van der Waals surface area contributed by atoms with Gasteiger partial charge in [0.25, 0.3) is 0 Å². The quantitative estimate of drug-likeness (QED) is 0.840. The first-order chi connectivity index (χ1) is 10.3. The number of nitrogens with one attached hydrogen (secondary N) is 1. The van der Waals surface area contributed by atoms with Crippen LogP contribution in [0.25, 0.3) is 10.2 Å². The van der Waals surface area contributed by atoms with Crippen LogP contribution in [0.15, 0.2) is 17.6 Å². The van der Waals surface area contributed by atoms with Crippen molar-refractivity contribution in [1.82, 2.24) is 4.98 Å². The summed E-state index contributed by atoms with van der Waals surface area (Å²) in [6.07, 6.45) is 10.9. The minimum atomic E-state index is -0.0141. The van der Waals surface area contributed by atoms with Crippen LogP contribution < -0.4 is 5.32 Å². The van der Waals surface area contributed by atoms with Gasteiger partial charge in [0.1, 0.15) is 0 Å². The molecule has 0 radical (unpaired) electrons. The fourth-order valence-corrected chi connectivity index (χ4v) is 4.35. The molecule has 1 fully saturated rings. The second-order valence-electron chi connectivity index (χ2n) is 5.94. The van der Waals surface area contributed by atoms with Gasteiger partial charge in [-0.2, -0.15) is 0 Å². The number of carbonyl (C=O) groups excluding carboxylic acids is 1. The minimum Gasteiger partial charge on any atom is -0.325 e. The van der Waals surface area contributed by atoms with Crippen LogP contribution in [0, 0.1) is 0 Å². The van der Waals surface area contributed by atoms with Gasteiger partial charge in [-0.3, -0.25) is 9.78 Å². The lowest BCUT2D eigenvalue weighted by atomic mass is 9.85. The number of hydrogen-bond donors (Lipinski definition) is 1. The molecule has 3 rings (SSSR count). The zero-order valence-electron chi connectivity index (χ0n) is 12.5. The van der Waals surface area contributed by atoms with E-state index in [2.05, 4.69) is 21.7 Å². The lowest BCUT2D eigenvalue weighted by Crippen LogP contribution is -2.12. The summed E-state index contributed by atoms with van der Waals surface area (Å²) in [4.78, 5) is 16.0. The lowest BCUT2D eigenvalue weighted by molar-refractivity contribution is -0.114. The van der Waals surface area contributed by atoms with Gasteiger partial charge in [0, 0.05) is 6.92 Å². The van der Waals surface area contributed by atoms with E-state index < -0.39 is 0 Å². The maximum Gasteiger partial charge on any atom is 0.221 e. The molecular weight excluding hydrogens is 280 g/mol. The molecule has 21 heavy (non-hydrogen) atoms. The van der Waals surface area contributed by atoms with Crippen LogP contribution in [-0.4, -0.2) is 10.9 Å². The van der Waals surface area contributed by atoms with Crippen molar-refractivity contribution in [3.63, 3.8) is 0 Å². The first-order valence-corrected chi connectivity index (χ1v) is 8.77. The Morgan fingerprint density at radius 2 is 1.95 bits per heavy atom. The molecule has 112 valence electrons. The number of amides is 1. The molecule has 0 atom stereocenters. The Labute approximate surface area is 129 Å². The van der Waals surface area contributed by atoms with Crippen molar-refractivity contribution in [2.24, 2.45) is 0 Å². The highest BCUT2D eigenvalue weighted by Crippen LogP contribution is 2.40. The second kappa shape index (κ2) is 6.56. The molecule has 0 bridgehead atoms. The zero-order chi connectivity index (χ0) is 14.7. The fourth-order valence-electron chi connectivity index (χ4n) is 3.37. The number of pyridine rings is 1. The molecule has 0 aliphatic heterocycles. The average Bonchev–Trinajstić information content (AvgIpc) is 2.87. The molecule has 0 spiro atoms. The Hall–Kier alpha value is -1.42. The third kappa shape index (κ3) is 3.26. The van der Waals surface area contributed by atoms with Gasteiger partial charge in [0.05, 0.1) is 22.1 Å². The Morgan fingerprint density at radius 3 is 2.67 bits per heavy atom. The monoisotopic (exact) mass is 302 g/mol. The highest BCUT2D eigenvalue weighted by molar-refractivity contribution is 7.17. The third-order valence-corrected chi connectivity index (χ3v) is 5.27. The molecule has 1 N–H and O–H groups in total. The summed E-state index contributed by atoms with van der Waals surface area (Å²) in [5.41, 5.74) is 3.31. The van der Waals surface area contributed by atoms with Crippen LogP contribution in [0.2, 0.25) is 0 Å².